The van der Waals surface area contributed by atoms with Gasteiger partial charge in [-0.15, -0.1) is 0 Å². The number of amides is 1. The molecule has 0 radical (unpaired) electrons. The van der Waals surface area contributed by atoms with Crippen molar-refractivity contribution in [3.63, 3.8) is 0 Å². The van der Waals surface area contributed by atoms with Gasteiger partial charge >= 0.3 is 0 Å². The molecule has 1 rings (SSSR count). The fraction of sp³-hybridized carbons (Fsp3) is 0.533. The zero-order valence-electron chi connectivity index (χ0n) is 11.9. The quantitative estimate of drug-likeness (QED) is 0.790. The zero-order valence-corrected chi connectivity index (χ0v) is 11.9. The summed E-state index contributed by atoms with van der Waals surface area (Å²) in [5, 5.41) is 11.6. The molecular formula is C15H23NO3. The number of benzene rings is 1. The molecule has 4 nitrogen and oxygen atoms in total. The predicted molar refractivity (Wildman–Crippen MR) is 75.3 cm³/mol. The van der Waals surface area contributed by atoms with Crippen LogP contribution >= 0.6 is 0 Å². The summed E-state index contributed by atoms with van der Waals surface area (Å²) in [5.74, 6) is 0.858. The Bertz CT molecular complexity index is 418. The molecule has 0 fully saturated rings. The van der Waals surface area contributed by atoms with Gasteiger partial charge in [0.25, 0.3) is 0 Å². The van der Waals surface area contributed by atoms with Crippen molar-refractivity contribution >= 4 is 5.91 Å². The Morgan fingerprint density at radius 2 is 2.16 bits per heavy atom. The van der Waals surface area contributed by atoms with E-state index >= 15 is 0 Å². The Hall–Kier alpha value is -1.55. The highest BCUT2D eigenvalue weighted by atomic mass is 16.5. The lowest BCUT2D eigenvalue weighted by Gasteiger charge is -2.11. The van der Waals surface area contributed by atoms with Crippen LogP contribution in [0.2, 0.25) is 0 Å². The van der Waals surface area contributed by atoms with Gasteiger partial charge in [0, 0.05) is 13.2 Å². The Balaban J connectivity index is 2.28. The first-order chi connectivity index (χ1) is 9.02. The molecular weight excluding hydrogens is 242 g/mol. The Kier molecular flexibility index (Phi) is 6.36. The van der Waals surface area contributed by atoms with Gasteiger partial charge in [0.2, 0.25) is 5.91 Å². The number of ether oxygens (including phenoxy) is 1. The largest absolute Gasteiger partial charge is 0.493 e. The van der Waals surface area contributed by atoms with Crippen LogP contribution in [0.3, 0.4) is 0 Å². The molecule has 0 aliphatic rings. The summed E-state index contributed by atoms with van der Waals surface area (Å²) in [5.41, 5.74) is 2.27. The van der Waals surface area contributed by atoms with Gasteiger partial charge in [-0.1, -0.05) is 24.6 Å². The number of hydrogen-bond donors (Lipinski definition) is 2. The van der Waals surface area contributed by atoms with Crippen molar-refractivity contribution < 1.29 is 14.6 Å². The molecule has 1 aromatic rings. The highest BCUT2D eigenvalue weighted by Crippen LogP contribution is 2.18. The molecule has 1 aromatic carbocycles. The van der Waals surface area contributed by atoms with Crippen molar-refractivity contribution in [2.45, 2.75) is 27.2 Å². The summed E-state index contributed by atoms with van der Waals surface area (Å²) >= 11 is 0. The van der Waals surface area contributed by atoms with Gasteiger partial charge < -0.3 is 15.2 Å². The second-order valence-corrected chi connectivity index (χ2v) is 4.96. The molecule has 1 unspecified atom stereocenters. The molecule has 4 heteroatoms. The monoisotopic (exact) mass is 265 g/mol. The van der Waals surface area contributed by atoms with E-state index in [2.05, 4.69) is 11.4 Å². The van der Waals surface area contributed by atoms with Gasteiger partial charge in [0.05, 0.1) is 13.0 Å². The first-order valence-electron chi connectivity index (χ1n) is 6.60. The number of carbonyl (C=O) groups is 1. The number of hydrogen-bond acceptors (Lipinski definition) is 3. The van der Waals surface area contributed by atoms with Gasteiger partial charge in [0.1, 0.15) is 5.75 Å². The van der Waals surface area contributed by atoms with Crippen molar-refractivity contribution in [1.29, 1.82) is 0 Å². The normalized spacial score (nSPS) is 12.0. The van der Waals surface area contributed by atoms with Gasteiger partial charge in [0.15, 0.2) is 0 Å². The number of aliphatic hydroxyl groups excluding tert-OH is 1. The fourth-order valence-corrected chi connectivity index (χ4v) is 1.66. The van der Waals surface area contributed by atoms with Gasteiger partial charge in [-0.05, 0) is 31.4 Å². The van der Waals surface area contributed by atoms with Crippen LogP contribution in [0.25, 0.3) is 0 Å². The summed E-state index contributed by atoms with van der Waals surface area (Å²) in [6.07, 6.45) is 0.325. The van der Waals surface area contributed by atoms with E-state index in [0.29, 0.717) is 19.6 Å². The van der Waals surface area contributed by atoms with E-state index in [1.807, 2.05) is 32.9 Å². The molecule has 0 saturated heterocycles. The van der Waals surface area contributed by atoms with Crippen LogP contribution in [0.5, 0.6) is 5.75 Å². The summed E-state index contributed by atoms with van der Waals surface area (Å²) in [6.45, 7) is 6.85. The molecule has 106 valence electrons. The second kappa shape index (κ2) is 7.79. The standard InChI is InChI=1S/C15H23NO3/c1-11-4-5-14(13(3)8-11)19-7-6-15(18)16-9-12(2)10-17/h4-5,8,12,17H,6-7,9-10H2,1-3H3,(H,16,18). The number of nitrogens with one attached hydrogen (secondary N) is 1. The number of rotatable bonds is 7. The highest BCUT2D eigenvalue weighted by Gasteiger charge is 2.05. The van der Waals surface area contributed by atoms with Crippen LogP contribution in [-0.4, -0.2) is 30.8 Å². The number of carbonyl (C=O) groups excluding carboxylic acids is 1. The van der Waals surface area contributed by atoms with E-state index in [0.717, 1.165) is 11.3 Å². The van der Waals surface area contributed by atoms with Gasteiger partial charge in [-0.25, -0.2) is 0 Å². The van der Waals surface area contributed by atoms with E-state index in [4.69, 9.17) is 9.84 Å². The minimum absolute atomic E-state index is 0.0509. The SMILES string of the molecule is Cc1ccc(OCCC(=O)NCC(C)CO)c(C)c1. The van der Waals surface area contributed by atoms with E-state index in [1.54, 1.807) is 0 Å². The van der Waals surface area contributed by atoms with Crippen LogP contribution in [0.15, 0.2) is 18.2 Å². The van der Waals surface area contributed by atoms with Crippen molar-refractivity contribution in [2.24, 2.45) is 5.92 Å². The Labute approximate surface area is 114 Å². The van der Waals surface area contributed by atoms with Gasteiger partial charge in [-0.3, -0.25) is 4.79 Å². The zero-order chi connectivity index (χ0) is 14.3. The van der Waals surface area contributed by atoms with Crippen LogP contribution < -0.4 is 10.1 Å². The average molecular weight is 265 g/mol. The first kappa shape index (κ1) is 15.5. The van der Waals surface area contributed by atoms with Crippen molar-refractivity contribution in [1.82, 2.24) is 5.32 Å². The fourth-order valence-electron chi connectivity index (χ4n) is 1.66. The third kappa shape index (κ3) is 5.75. The summed E-state index contributed by atoms with van der Waals surface area (Å²) in [4.78, 5) is 11.5. The molecule has 0 spiro atoms. The van der Waals surface area contributed by atoms with Crippen molar-refractivity contribution in [3.05, 3.63) is 29.3 Å². The highest BCUT2D eigenvalue weighted by molar-refractivity contribution is 5.75. The van der Waals surface area contributed by atoms with E-state index in [9.17, 15) is 4.79 Å². The van der Waals surface area contributed by atoms with E-state index in [-0.39, 0.29) is 18.4 Å². The van der Waals surface area contributed by atoms with Crippen LogP contribution in [0, 0.1) is 19.8 Å². The van der Waals surface area contributed by atoms with Crippen LogP contribution in [-0.2, 0) is 4.79 Å². The molecule has 1 amide bonds. The van der Waals surface area contributed by atoms with Crippen LogP contribution in [0.1, 0.15) is 24.5 Å². The third-order valence-electron chi connectivity index (χ3n) is 2.88. The lowest BCUT2D eigenvalue weighted by atomic mass is 10.1. The molecule has 0 heterocycles. The predicted octanol–water partition coefficient (Wildman–Crippen LogP) is 1.82. The van der Waals surface area contributed by atoms with E-state index < -0.39 is 0 Å². The van der Waals surface area contributed by atoms with Crippen LogP contribution in [0.4, 0.5) is 0 Å². The molecule has 0 aliphatic heterocycles. The molecule has 0 bridgehead atoms. The molecule has 1 atom stereocenters. The summed E-state index contributed by atoms with van der Waals surface area (Å²) in [7, 11) is 0. The maximum absolute atomic E-state index is 11.5. The molecule has 0 aromatic heterocycles. The maximum Gasteiger partial charge on any atom is 0.223 e. The Morgan fingerprint density at radius 3 is 2.79 bits per heavy atom. The minimum Gasteiger partial charge on any atom is -0.493 e. The number of aliphatic hydroxyl groups is 1. The lowest BCUT2D eigenvalue weighted by molar-refractivity contribution is -0.121. The first-order valence-corrected chi connectivity index (χ1v) is 6.60. The smallest absolute Gasteiger partial charge is 0.223 e. The number of aryl methyl sites for hydroxylation is 2. The third-order valence-corrected chi connectivity index (χ3v) is 2.88. The lowest BCUT2D eigenvalue weighted by Crippen LogP contribution is -2.30. The van der Waals surface area contributed by atoms with Crippen molar-refractivity contribution in [2.75, 3.05) is 19.8 Å². The topological polar surface area (TPSA) is 58.6 Å². The second-order valence-electron chi connectivity index (χ2n) is 4.96. The molecule has 0 aliphatic carbocycles. The molecule has 0 saturated carbocycles. The van der Waals surface area contributed by atoms with E-state index in [1.165, 1.54) is 5.56 Å². The Morgan fingerprint density at radius 1 is 1.42 bits per heavy atom. The molecule has 19 heavy (non-hydrogen) atoms. The summed E-state index contributed by atoms with van der Waals surface area (Å²) in [6, 6.07) is 5.97. The molecule has 2 N–H and O–H groups in total. The maximum atomic E-state index is 11.5. The van der Waals surface area contributed by atoms with Crippen molar-refractivity contribution in [3.8, 4) is 5.75 Å². The minimum atomic E-state index is -0.0509. The summed E-state index contributed by atoms with van der Waals surface area (Å²) < 4.78 is 5.59. The average Bonchev–Trinajstić information content (AvgIpc) is 2.38. The van der Waals surface area contributed by atoms with Gasteiger partial charge in [-0.2, -0.15) is 0 Å².